The maximum absolute atomic E-state index is 5.53. The quantitative estimate of drug-likeness (QED) is 0.449. The Kier molecular flexibility index (Phi) is 10.1. The fourth-order valence-electron chi connectivity index (χ4n) is 3.99. The van der Waals surface area contributed by atoms with Gasteiger partial charge in [-0.25, -0.2) is 0 Å². The largest absolute Gasteiger partial charge is 0.377 e. The van der Waals surface area contributed by atoms with E-state index in [1.807, 2.05) is 25.2 Å². The van der Waals surface area contributed by atoms with Gasteiger partial charge >= 0.3 is 0 Å². The van der Waals surface area contributed by atoms with E-state index in [0.29, 0.717) is 0 Å². The van der Waals surface area contributed by atoms with E-state index in [2.05, 4.69) is 58.4 Å². The minimum Gasteiger partial charge on any atom is -0.377 e. The van der Waals surface area contributed by atoms with E-state index in [4.69, 9.17) is 5.73 Å². The molecule has 162 valence electrons. The highest BCUT2D eigenvalue weighted by Gasteiger charge is 2.23. The van der Waals surface area contributed by atoms with Crippen LogP contribution in [0.25, 0.3) is 0 Å². The first-order valence-electron chi connectivity index (χ1n) is 10.9. The monoisotopic (exact) mass is 407 g/mol. The maximum Gasteiger partial charge on any atom is 0.0859 e. The van der Waals surface area contributed by atoms with Gasteiger partial charge in [0.2, 0.25) is 0 Å². The molecular formula is C25H37N5. The highest BCUT2D eigenvalue weighted by molar-refractivity contribution is 5.85. The maximum atomic E-state index is 5.53. The van der Waals surface area contributed by atoms with Gasteiger partial charge in [-0.15, -0.1) is 0 Å². The van der Waals surface area contributed by atoms with Crippen molar-refractivity contribution >= 4 is 12.9 Å². The number of allylic oxidation sites excluding steroid dienone is 7. The summed E-state index contributed by atoms with van der Waals surface area (Å²) in [5.41, 5.74) is 11.2. The molecule has 5 heteroatoms. The van der Waals surface area contributed by atoms with Crippen LogP contribution in [0, 0.1) is 0 Å². The fourth-order valence-corrected chi connectivity index (χ4v) is 3.99. The second-order valence-corrected chi connectivity index (χ2v) is 7.60. The van der Waals surface area contributed by atoms with Gasteiger partial charge in [-0.05, 0) is 63.5 Å². The smallest absolute Gasteiger partial charge is 0.0859 e. The Balaban J connectivity index is 2.30. The van der Waals surface area contributed by atoms with E-state index in [1.165, 1.54) is 36.1 Å². The van der Waals surface area contributed by atoms with Gasteiger partial charge < -0.3 is 15.5 Å². The fraction of sp³-hybridized carbons (Fsp3) is 0.440. The number of nitrogens with two attached hydrogens (primary N) is 1. The molecule has 0 bridgehead atoms. The van der Waals surface area contributed by atoms with Crippen molar-refractivity contribution in [2.24, 2.45) is 15.7 Å². The molecule has 0 amide bonds. The molecule has 0 unspecified atom stereocenters. The second kappa shape index (κ2) is 12.8. The molecule has 0 saturated carbocycles. The Hall–Kier alpha value is -2.66. The van der Waals surface area contributed by atoms with E-state index in [-0.39, 0.29) is 6.67 Å². The summed E-state index contributed by atoms with van der Waals surface area (Å²) in [5.74, 6) is 0. The summed E-state index contributed by atoms with van der Waals surface area (Å²) in [6.45, 7) is 16.2. The van der Waals surface area contributed by atoms with Gasteiger partial charge in [0.15, 0.2) is 0 Å². The predicted molar refractivity (Wildman–Crippen MR) is 131 cm³/mol. The van der Waals surface area contributed by atoms with Crippen LogP contribution in [0.5, 0.6) is 0 Å². The van der Waals surface area contributed by atoms with Crippen molar-refractivity contribution in [3.8, 4) is 0 Å². The van der Waals surface area contributed by atoms with Gasteiger partial charge in [-0.2, -0.15) is 0 Å². The lowest BCUT2D eigenvalue weighted by molar-refractivity contribution is 0.306. The molecule has 2 rings (SSSR count). The number of rotatable bonds is 9. The molecule has 2 aliphatic heterocycles. The summed E-state index contributed by atoms with van der Waals surface area (Å²) in [5, 5.41) is 0. The van der Waals surface area contributed by atoms with E-state index >= 15 is 0 Å². The summed E-state index contributed by atoms with van der Waals surface area (Å²) in [6, 6.07) is 0. The molecule has 0 atom stereocenters. The third kappa shape index (κ3) is 6.70. The molecule has 0 spiro atoms. The van der Waals surface area contributed by atoms with Crippen LogP contribution in [0.3, 0.4) is 0 Å². The molecule has 0 aromatic rings. The summed E-state index contributed by atoms with van der Waals surface area (Å²) in [4.78, 5) is 13.4. The van der Waals surface area contributed by atoms with Gasteiger partial charge in [0, 0.05) is 49.9 Å². The molecule has 2 fully saturated rings. The first kappa shape index (κ1) is 23.6. The number of piperidine rings is 1. The molecule has 0 radical (unpaired) electrons. The predicted octanol–water partition coefficient (Wildman–Crippen LogP) is 4.60. The summed E-state index contributed by atoms with van der Waals surface area (Å²) >= 11 is 0. The SMILES string of the molecule is C=C/C=C/C=C(\C(C)=C/N1CCCCC1)N1CC/C(=C(/N=C)C(=CC)/C=N\CN)C1. The minimum absolute atomic E-state index is 0.270. The highest BCUT2D eigenvalue weighted by Crippen LogP contribution is 2.29. The zero-order valence-corrected chi connectivity index (χ0v) is 18.7. The molecule has 2 heterocycles. The molecule has 2 saturated heterocycles. The average molecular weight is 408 g/mol. The zero-order chi connectivity index (χ0) is 21.8. The van der Waals surface area contributed by atoms with Crippen LogP contribution in [0.1, 0.15) is 39.5 Å². The Morgan fingerprint density at radius 2 is 1.93 bits per heavy atom. The van der Waals surface area contributed by atoms with Crippen LogP contribution < -0.4 is 5.73 Å². The van der Waals surface area contributed by atoms with Crippen LogP contribution in [0.4, 0.5) is 0 Å². The zero-order valence-electron chi connectivity index (χ0n) is 18.7. The molecule has 2 N–H and O–H groups in total. The first-order valence-corrected chi connectivity index (χ1v) is 10.9. The summed E-state index contributed by atoms with van der Waals surface area (Å²) in [6.07, 6.45) is 19.0. The molecule has 30 heavy (non-hydrogen) atoms. The average Bonchev–Trinajstić information content (AvgIpc) is 3.24. The molecule has 5 nitrogen and oxygen atoms in total. The molecule has 0 aromatic heterocycles. The lowest BCUT2D eigenvalue weighted by atomic mass is 10.1. The normalized spacial score (nSPS) is 21.1. The lowest BCUT2D eigenvalue weighted by Gasteiger charge is -2.28. The highest BCUT2D eigenvalue weighted by atomic mass is 15.2. The van der Waals surface area contributed by atoms with Gasteiger partial charge in [0.25, 0.3) is 0 Å². The van der Waals surface area contributed by atoms with E-state index in [1.54, 1.807) is 6.21 Å². The number of aliphatic imine (C=N–C) groups is 2. The number of hydrogen-bond acceptors (Lipinski definition) is 5. The summed E-state index contributed by atoms with van der Waals surface area (Å²) in [7, 11) is 0. The van der Waals surface area contributed by atoms with E-state index in [0.717, 1.165) is 43.9 Å². The van der Waals surface area contributed by atoms with Gasteiger partial charge in [0.05, 0.1) is 12.4 Å². The number of hydrogen-bond donors (Lipinski definition) is 1. The van der Waals surface area contributed by atoms with Crippen molar-refractivity contribution in [3.05, 3.63) is 71.3 Å². The van der Waals surface area contributed by atoms with Crippen LogP contribution in [0.15, 0.2) is 81.3 Å². The summed E-state index contributed by atoms with van der Waals surface area (Å²) < 4.78 is 0. The van der Waals surface area contributed by atoms with Crippen molar-refractivity contribution in [2.75, 3.05) is 32.8 Å². The van der Waals surface area contributed by atoms with E-state index < -0.39 is 0 Å². The van der Waals surface area contributed by atoms with Crippen molar-refractivity contribution < 1.29 is 0 Å². The van der Waals surface area contributed by atoms with E-state index in [9.17, 15) is 0 Å². The second-order valence-electron chi connectivity index (χ2n) is 7.60. The standard InChI is InChI=1S/C25H37N5/c1-5-7-9-12-24(21(3)18-29-14-10-8-11-15-29)30-16-13-23(19-30)25(27-4)22(6-2)17-28-20-26/h5-7,9,12,17-18H,1,4,8,10-11,13-16,19-20,26H2,2-3H3/b9-7+,21-18-,22-6?,24-12+,25-23-,28-17-. The lowest BCUT2D eigenvalue weighted by Crippen LogP contribution is -2.26. The van der Waals surface area contributed by atoms with Crippen LogP contribution >= 0.6 is 0 Å². The minimum atomic E-state index is 0.270. The van der Waals surface area contributed by atoms with Gasteiger partial charge in [-0.1, -0.05) is 30.9 Å². The Morgan fingerprint density at radius 1 is 1.17 bits per heavy atom. The van der Waals surface area contributed by atoms with Gasteiger partial charge in [0.1, 0.15) is 0 Å². The van der Waals surface area contributed by atoms with Crippen molar-refractivity contribution in [1.29, 1.82) is 0 Å². The number of likely N-dealkylation sites (tertiary alicyclic amines) is 2. The third-order valence-corrected chi connectivity index (χ3v) is 5.49. The molecule has 2 aliphatic rings. The Labute approximate surface area is 182 Å². The molecule has 0 aromatic carbocycles. The molecule has 0 aliphatic carbocycles. The topological polar surface area (TPSA) is 57.2 Å². The van der Waals surface area contributed by atoms with Crippen molar-refractivity contribution in [1.82, 2.24) is 9.80 Å². The van der Waals surface area contributed by atoms with Crippen molar-refractivity contribution in [2.45, 2.75) is 39.5 Å². The van der Waals surface area contributed by atoms with Crippen LogP contribution in [-0.4, -0.2) is 55.6 Å². The van der Waals surface area contributed by atoms with Crippen LogP contribution in [0.2, 0.25) is 0 Å². The van der Waals surface area contributed by atoms with Crippen LogP contribution in [-0.2, 0) is 0 Å². The van der Waals surface area contributed by atoms with Crippen molar-refractivity contribution in [3.63, 3.8) is 0 Å². The Bertz CT molecular complexity index is 773. The first-order chi connectivity index (χ1) is 14.6. The third-order valence-electron chi connectivity index (χ3n) is 5.49. The molecular weight excluding hydrogens is 370 g/mol. The number of nitrogens with zero attached hydrogens (tertiary/aromatic N) is 4. The Morgan fingerprint density at radius 3 is 2.57 bits per heavy atom. The van der Waals surface area contributed by atoms with Gasteiger partial charge in [-0.3, -0.25) is 9.98 Å².